The summed E-state index contributed by atoms with van der Waals surface area (Å²) in [7, 11) is 0. The number of hydrogen-bond acceptors (Lipinski definition) is 1. The number of nitrogens with zero attached hydrogens (tertiary/aromatic N) is 2. The number of hydrogen-bond donors (Lipinski definition) is 0. The SMILES string of the molecule is CC(C)(c1ccc(F)c(F)c1)c1cncn1-c1ccc(F)c(F)c1. The lowest BCUT2D eigenvalue weighted by Crippen LogP contribution is -2.23. The molecule has 24 heavy (non-hydrogen) atoms. The summed E-state index contributed by atoms with van der Waals surface area (Å²) in [6.45, 7) is 3.63. The Kier molecular flexibility index (Phi) is 3.91. The third kappa shape index (κ3) is 2.68. The van der Waals surface area contributed by atoms with Gasteiger partial charge in [0, 0.05) is 23.4 Å². The summed E-state index contributed by atoms with van der Waals surface area (Å²) >= 11 is 0. The number of aromatic nitrogens is 2. The fraction of sp³-hybridized carbons (Fsp3) is 0.167. The van der Waals surface area contributed by atoms with Crippen LogP contribution >= 0.6 is 0 Å². The first kappa shape index (κ1) is 16.2. The van der Waals surface area contributed by atoms with Gasteiger partial charge in [-0.2, -0.15) is 0 Å². The van der Waals surface area contributed by atoms with E-state index in [0.29, 0.717) is 16.9 Å². The van der Waals surface area contributed by atoms with Gasteiger partial charge in [0.25, 0.3) is 0 Å². The third-order valence-corrected chi connectivity index (χ3v) is 4.10. The van der Waals surface area contributed by atoms with E-state index in [1.54, 1.807) is 10.8 Å². The number of rotatable bonds is 3. The minimum atomic E-state index is -0.974. The molecule has 0 aliphatic rings. The van der Waals surface area contributed by atoms with Crippen LogP contribution in [0.1, 0.15) is 25.1 Å². The minimum absolute atomic E-state index is 0.386. The molecule has 0 radical (unpaired) electrons. The maximum Gasteiger partial charge on any atom is 0.160 e. The van der Waals surface area contributed by atoms with Gasteiger partial charge in [-0.1, -0.05) is 19.9 Å². The minimum Gasteiger partial charge on any atom is -0.302 e. The van der Waals surface area contributed by atoms with Crippen LogP contribution in [0.25, 0.3) is 5.69 Å². The maximum absolute atomic E-state index is 13.6. The summed E-state index contributed by atoms with van der Waals surface area (Å²) in [6.07, 6.45) is 3.02. The topological polar surface area (TPSA) is 17.8 Å². The van der Waals surface area contributed by atoms with Crippen LogP contribution in [0.4, 0.5) is 17.6 Å². The second-order valence-corrected chi connectivity index (χ2v) is 6.00. The Morgan fingerprint density at radius 2 is 1.46 bits per heavy atom. The zero-order valence-electron chi connectivity index (χ0n) is 13.0. The van der Waals surface area contributed by atoms with Gasteiger partial charge in [0.1, 0.15) is 0 Å². The van der Waals surface area contributed by atoms with E-state index >= 15 is 0 Å². The van der Waals surface area contributed by atoms with E-state index in [4.69, 9.17) is 0 Å². The van der Waals surface area contributed by atoms with E-state index in [2.05, 4.69) is 4.98 Å². The zero-order chi connectivity index (χ0) is 17.5. The highest BCUT2D eigenvalue weighted by atomic mass is 19.2. The fourth-order valence-corrected chi connectivity index (χ4v) is 2.63. The molecule has 124 valence electrons. The van der Waals surface area contributed by atoms with Crippen LogP contribution in [-0.2, 0) is 5.41 Å². The summed E-state index contributed by atoms with van der Waals surface area (Å²) in [5.41, 5.74) is 0.804. The lowest BCUT2D eigenvalue weighted by atomic mass is 9.81. The highest BCUT2D eigenvalue weighted by Gasteiger charge is 2.28. The van der Waals surface area contributed by atoms with Crippen molar-refractivity contribution in [1.82, 2.24) is 9.55 Å². The predicted octanol–water partition coefficient (Wildman–Crippen LogP) is 4.75. The Balaban J connectivity index is 2.11. The van der Waals surface area contributed by atoms with Gasteiger partial charge in [-0.25, -0.2) is 22.5 Å². The molecule has 0 spiro atoms. The molecule has 0 fully saturated rings. The molecule has 0 aliphatic carbocycles. The van der Waals surface area contributed by atoms with Crippen LogP contribution in [0.5, 0.6) is 0 Å². The molecule has 0 atom stereocenters. The Labute approximate surface area is 136 Å². The molecule has 6 heteroatoms. The number of imidazole rings is 1. The Hall–Kier alpha value is -2.63. The summed E-state index contributed by atoms with van der Waals surface area (Å²) in [6, 6.07) is 7.18. The zero-order valence-corrected chi connectivity index (χ0v) is 13.0. The van der Waals surface area contributed by atoms with Crippen LogP contribution in [0.3, 0.4) is 0 Å². The van der Waals surface area contributed by atoms with Crippen LogP contribution in [-0.4, -0.2) is 9.55 Å². The van der Waals surface area contributed by atoms with Crippen LogP contribution in [0.2, 0.25) is 0 Å². The fourth-order valence-electron chi connectivity index (χ4n) is 2.63. The van der Waals surface area contributed by atoms with Gasteiger partial charge >= 0.3 is 0 Å². The normalized spacial score (nSPS) is 11.8. The molecule has 0 saturated carbocycles. The van der Waals surface area contributed by atoms with Gasteiger partial charge in [0.2, 0.25) is 0 Å². The van der Waals surface area contributed by atoms with Crippen LogP contribution in [0.15, 0.2) is 48.9 Å². The van der Waals surface area contributed by atoms with Crippen molar-refractivity contribution in [3.8, 4) is 5.69 Å². The molecule has 0 N–H and O–H groups in total. The molecule has 1 aromatic heterocycles. The van der Waals surface area contributed by atoms with Gasteiger partial charge in [-0.15, -0.1) is 0 Å². The standard InChI is InChI=1S/C18H14F4N2/c1-18(2,11-3-5-13(19)15(21)7-11)17-9-23-10-24(17)12-4-6-14(20)16(22)8-12/h3-10H,1-2H3. The molecule has 0 unspecified atom stereocenters. The summed E-state index contributed by atoms with van der Waals surface area (Å²) in [5.74, 6) is -3.79. The lowest BCUT2D eigenvalue weighted by Gasteiger charge is -2.27. The third-order valence-electron chi connectivity index (χ3n) is 4.10. The molecule has 0 bridgehead atoms. The van der Waals surface area contributed by atoms with Gasteiger partial charge in [-0.3, -0.25) is 0 Å². The molecular formula is C18H14F4N2. The smallest absolute Gasteiger partial charge is 0.160 e. The van der Waals surface area contributed by atoms with Crippen molar-refractivity contribution < 1.29 is 17.6 Å². The molecule has 2 aromatic carbocycles. The molecular weight excluding hydrogens is 320 g/mol. The molecule has 2 nitrogen and oxygen atoms in total. The summed E-state index contributed by atoms with van der Waals surface area (Å²) < 4.78 is 55.0. The molecule has 0 aliphatic heterocycles. The lowest BCUT2D eigenvalue weighted by molar-refractivity contribution is 0.500. The molecule has 0 saturated heterocycles. The number of benzene rings is 2. The number of halogens is 4. The summed E-state index contributed by atoms with van der Waals surface area (Å²) in [5, 5.41) is 0. The second kappa shape index (κ2) is 5.78. The van der Waals surface area contributed by atoms with E-state index in [0.717, 1.165) is 24.3 Å². The monoisotopic (exact) mass is 334 g/mol. The average Bonchev–Trinajstić information content (AvgIpc) is 3.03. The van der Waals surface area contributed by atoms with Crippen LogP contribution in [0, 0.1) is 23.3 Å². The van der Waals surface area contributed by atoms with Crippen molar-refractivity contribution in [2.75, 3.05) is 0 Å². The first-order chi connectivity index (χ1) is 11.3. The van der Waals surface area contributed by atoms with E-state index in [9.17, 15) is 17.6 Å². The Bertz CT molecular complexity index is 900. The Morgan fingerprint density at radius 3 is 2.08 bits per heavy atom. The van der Waals surface area contributed by atoms with Gasteiger partial charge in [0.15, 0.2) is 23.3 Å². The predicted molar refractivity (Wildman–Crippen MR) is 82.0 cm³/mol. The first-order valence-electron chi connectivity index (χ1n) is 7.24. The first-order valence-corrected chi connectivity index (χ1v) is 7.24. The van der Waals surface area contributed by atoms with Gasteiger partial charge in [0.05, 0.1) is 12.0 Å². The molecule has 0 amide bonds. The van der Waals surface area contributed by atoms with Crippen LogP contribution < -0.4 is 0 Å². The van der Waals surface area contributed by atoms with E-state index in [1.165, 1.54) is 18.5 Å². The average molecular weight is 334 g/mol. The van der Waals surface area contributed by atoms with E-state index in [1.807, 2.05) is 13.8 Å². The Morgan fingerprint density at radius 1 is 0.833 bits per heavy atom. The molecule has 3 aromatic rings. The van der Waals surface area contributed by atoms with Crippen molar-refractivity contribution in [2.24, 2.45) is 0 Å². The second-order valence-electron chi connectivity index (χ2n) is 6.00. The van der Waals surface area contributed by atoms with Gasteiger partial charge in [-0.05, 0) is 29.8 Å². The van der Waals surface area contributed by atoms with E-state index < -0.39 is 28.7 Å². The highest BCUT2D eigenvalue weighted by Crippen LogP contribution is 2.33. The molecule has 3 rings (SSSR count). The van der Waals surface area contributed by atoms with Gasteiger partial charge < -0.3 is 4.57 Å². The van der Waals surface area contributed by atoms with Crippen molar-refractivity contribution >= 4 is 0 Å². The maximum atomic E-state index is 13.6. The van der Waals surface area contributed by atoms with E-state index in [-0.39, 0.29) is 0 Å². The molecule has 1 heterocycles. The largest absolute Gasteiger partial charge is 0.302 e. The van der Waals surface area contributed by atoms with Crippen molar-refractivity contribution in [1.29, 1.82) is 0 Å². The van der Waals surface area contributed by atoms with Crippen molar-refractivity contribution in [3.63, 3.8) is 0 Å². The quantitative estimate of drug-likeness (QED) is 0.632. The highest BCUT2D eigenvalue weighted by molar-refractivity contribution is 5.41. The summed E-state index contributed by atoms with van der Waals surface area (Å²) in [4.78, 5) is 4.06. The van der Waals surface area contributed by atoms with Crippen molar-refractivity contribution in [3.05, 3.63) is 83.4 Å². The van der Waals surface area contributed by atoms with Crippen molar-refractivity contribution in [2.45, 2.75) is 19.3 Å².